The third kappa shape index (κ3) is 5.09. The van der Waals surface area contributed by atoms with Crippen molar-refractivity contribution >= 4 is 0 Å². The molecule has 102 valence electrons. The van der Waals surface area contributed by atoms with E-state index in [2.05, 4.69) is 45.1 Å². The molecule has 2 heteroatoms. The monoisotopic (exact) mass is 249 g/mol. The molecule has 0 spiro atoms. The zero-order valence-electron chi connectivity index (χ0n) is 12.4. The summed E-state index contributed by atoms with van der Waals surface area (Å²) in [5, 5.41) is 3.62. The minimum absolute atomic E-state index is 0.383. The van der Waals surface area contributed by atoms with Crippen molar-refractivity contribution in [1.29, 1.82) is 0 Å². The maximum atomic E-state index is 5.17. The van der Waals surface area contributed by atoms with Gasteiger partial charge in [-0.1, -0.05) is 32.9 Å². The standard InChI is InChI=1S/C16H27NO/c1-6-16(3,4)12-17-13(2)11-14-7-9-15(18-5)10-8-14/h7-10,13,17H,6,11-12H2,1-5H3. The Labute approximate surface area is 112 Å². The average Bonchev–Trinajstić information content (AvgIpc) is 2.37. The highest BCUT2D eigenvalue weighted by atomic mass is 16.5. The molecule has 1 rings (SSSR count). The second kappa shape index (κ2) is 6.79. The van der Waals surface area contributed by atoms with Gasteiger partial charge in [0, 0.05) is 12.6 Å². The first-order valence-corrected chi connectivity index (χ1v) is 6.83. The van der Waals surface area contributed by atoms with E-state index in [0.29, 0.717) is 11.5 Å². The van der Waals surface area contributed by atoms with Gasteiger partial charge in [0.15, 0.2) is 0 Å². The van der Waals surface area contributed by atoms with Crippen LogP contribution in [0.1, 0.15) is 39.7 Å². The molecule has 1 aromatic carbocycles. The van der Waals surface area contributed by atoms with Crippen molar-refractivity contribution in [2.45, 2.75) is 46.6 Å². The van der Waals surface area contributed by atoms with E-state index in [1.807, 2.05) is 12.1 Å². The quantitative estimate of drug-likeness (QED) is 0.796. The van der Waals surface area contributed by atoms with Crippen LogP contribution >= 0.6 is 0 Å². The molecule has 0 saturated heterocycles. The first kappa shape index (κ1) is 15.0. The van der Waals surface area contributed by atoms with E-state index in [9.17, 15) is 0 Å². The van der Waals surface area contributed by atoms with Crippen LogP contribution in [0.3, 0.4) is 0 Å². The summed E-state index contributed by atoms with van der Waals surface area (Å²) in [6.45, 7) is 10.2. The number of methoxy groups -OCH3 is 1. The summed E-state index contributed by atoms with van der Waals surface area (Å²) >= 11 is 0. The molecule has 1 aromatic rings. The van der Waals surface area contributed by atoms with Crippen LogP contribution in [0.25, 0.3) is 0 Å². The van der Waals surface area contributed by atoms with Crippen molar-refractivity contribution in [3.63, 3.8) is 0 Å². The molecule has 0 aliphatic carbocycles. The summed E-state index contributed by atoms with van der Waals surface area (Å²) in [7, 11) is 1.70. The normalized spacial score (nSPS) is 13.4. The summed E-state index contributed by atoms with van der Waals surface area (Å²) in [5.41, 5.74) is 1.74. The van der Waals surface area contributed by atoms with Crippen LogP contribution in [0.2, 0.25) is 0 Å². The molecule has 0 aliphatic heterocycles. The van der Waals surface area contributed by atoms with Crippen LogP contribution in [0.5, 0.6) is 5.75 Å². The molecule has 0 radical (unpaired) electrons. The molecule has 0 aliphatic rings. The molecule has 0 fully saturated rings. The Balaban J connectivity index is 2.41. The van der Waals surface area contributed by atoms with Gasteiger partial charge in [0.1, 0.15) is 5.75 Å². The number of rotatable bonds is 7. The highest BCUT2D eigenvalue weighted by molar-refractivity contribution is 5.27. The second-order valence-electron chi connectivity index (χ2n) is 5.85. The lowest BCUT2D eigenvalue weighted by atomic mass is 9.90. The number of hydrogen-bond acceptors (Lipinski definition) is 2. The second-order valence-corrected chi connectivity index (χ2v) is 5.85. The highest BCUT2D eigenvalue weighted by Crippen LogP contribution is 2.18. The summed E-state index contributed by atoms with van der Waals surface area (Å²) in [6, 6.07) is 8.84. The van der Waals surface area contributed by atoms with E-state index in [1.54, 1.807) is 7.11 Å². The molecule has 0 heterocycles. The van der Waals surface area contributed by atoms with Crippen molar-refractivity contribution in [3.05, 3.63) is 29.8 Å². The Hall–Kier alpha value is -1.02. The smallest absolute Gasteiger partial charge is 0.118 e. The van der Waals surface area contributed by atoms with Crippen LogP contribution in [-0.4, -0.2) is 19.7 Å². The lowest BCUT2D eigenvalue weighted by molar-refractivity contribution is 0.312. The van der Waals surface area contributed by atoms with Crippen molar-refractivity contribution in [2.75, 3.05) is 13.7 Å². The molecule has 0 saturated carbocycles. The Kier molecular flexibility index (Phi) is 5.67. The van der Waals surface area contributed by atoms with E-state index >= 15 is 0 Å². The SMILES string of the molecule is CCC(C)(C)CNC(C)Cc1ccc(OC)cc1. The van der Waals surface area contributed by atoms with Gasteiger partial charge in [0.2, 0.25) is 0 Å². The zero-order chi connectivity index (χ0) is 13.6. The summed E-state index contributed by atoms with van der Waals surface area (Å²) in [6.07, 6.45) is 2.26. The topological polar surface area (TPSA) is 21.3 Å². The lowest BCUT2D eigenvalue weighted by Crippen LogP contribution is -2.36. The van der Waals surface area contributed by atoms with Crippen molar-refractivity contribution in [3.8, 4) is 5.75 Å². The minimum Gasteiger partial charge on any atom is -0.497 e. The first-order chi connectivity index (χ1) is 8.46. The number of benzene rings is 1. The summed E-state index contributed by atoms with van der Waals surface area (Å²) < 4.78 is 5.17. The summed E-state index contributed by atoms with van der Waals surface area (Å²) in [4.78, 5) is 0. The predicted molar refractivity (Wildman–Crippen MR) is 78.2 cm³/mol. The Morgan fingerprint density at radius 2 is 1.83 bits per heavy atom. The average molecular weight is 249 g/mol. The van der Waals surface area contributed by atoms with E-state index in [-0.39, 0.29) is 0 Å². The molecule has 2 nitrogen and oxygen atoms in total. The van der Waals surface area contributed by atoms with Crippen molar-refractivity contribution in [2.24, 2.45) is 5.41 Å². The molecule has 18 heavy (non-hydrogen) atoms. The van der Waals surface area contributed by atoms with Gasteiger partial charge in [0.25, 0.3) is 0 Å². The Bertz CT molecular complexity index is 343. The third-order valence-corrected chi connectivity index (χ3v) is 3.59. The molecular weight excluding hydrogens is 222 g/mol. The van der Waals surface area contributed by atoms with Crippen LogP contribution in [0.4, 0.5) is 0 Å². The van der Waals surface area contributed by atoms with Gasteiger partial charge in [-0.15, -0.1) is 0 Å². The fourth-order valence-corrected chi connectivity index (χ4v) is 1.76. The van der Waals surface area contributed by atoms with Gasteiger partial charge in [0.05, 0.1) is 7.11 Å². The van der Waals surface area contributed by atoms with E-state index < -0.39 is 0 Å². The molecular formula is C16H27NO. The van der Waals surface area contributed by atoms with Crippen molar-refractivity contribution < 1.29 is 4.74 Å². The van der Waals surface area contributed by atoms with Gasteiger partial charge in [-0.3, -0.25) is 0 Å². The number of ether oxygens (including phenoxy) is 1. The highest BCUT2D eigenvalue weighted by Gasteiger charge is 2.15. The molecule has 1 atom stereocenters. The van der Waals surface area contributed by atoms with Crippen LogP contribution < -0.4 is 10.1 Å². The summed E-state index contributed by atoms with van der Waals surface area (Å²) in [5.74, 6) is 0.923. The van der Waals surface area contributed by atoms with Crippen LogP contribution in [-0.2, 0) is 6.42 Å². The maximum Gasteiger partial charge on any atom is 0.118 e. The van der Waals surface area contributed by atoms with Gasteiger partial charge >= 0.3 is 0 Å². The van der Waals surface area contributed by atoms with Gasteiger partial charge < -0.3 is 10.1 Å². The maximum absolute atomic E-state index is 5.17. The number of nitrogens with one attached hydrogen (secondary N) is 1. The number of hydrogen-bond donors (Lipinski definition) is 1. The molecule has 0 amide bonds. The zero-order valence-corrected chi connectivity index (χ0v) is 12.4. The predicted octanol–water partition coefficient (Wildman–Crippen LogP) is 3.65. The fourth-order valence-electron chi connectivity index (χ4n) is 1.76. The lowest BCUT2D eigenvalue weighted by Gasteiger charge is -2.25. The van der Waals surface area contributed by atoms with E-state index in [1.165, 1.54) is 12.0 Å². The molecule has 0 aromatic heterocycles. The molecule has 1 unspecified atom stereocenters. The third-order valence-electron chi connectivity index (χ3n) is 3.59. The Morgan fingerprint density at radius 3 is 2.33 bits per heavy atom. The van der Waals surface area contributed by atoms with Crippen LogP contribution in [0.15, 0.2) is 24.3 Å². The van der Waals surface area contributed by atoms with Crippen molar-refractivity contribution in [1.82, 2.24) is 5.32 Å². The van der Waals surface area contributed by atoms with Gasteiger partial charge in [-0.2, -0.15) is 0 Å². The minimum atomic E-state index is 0.383. The first-order valence-electron chi connectivity index (χ1n) is 6.83. The van der Waals surface area contributed by atoms with E-state index in [4.69, 9.17) is 4.74 Å². The van der Waals surface area contributed by atoms with Gasteiger partial charge in [-0.25, -0.2) is 0 Å². The van der Waals surface area contributed by atoms with Crippen LogP contribution in [0, 0.1) is 5.41 Å². The largest absolute Gasteiger partial charge is 0.497 e. The molecule has 0 bridgehead atoms. The van der Waals surface area contributed by atoms with Gasteiger partial charge in [-0.05, 0) is 42.9 Å². The fraction of sp³-hybridized carbons (Fsp3) is 0.625. The molecule has 1 N–H and O–H groups in total. The Morgan fingerprint density at radius 1 is 1.22 bits per heavy atom. The van der Waals surface area contributed by atoms with E-state index in [0.717, 1.165) is 18.7 Å².